The molecule has 1 aliphatic carbocycles. The van der Waals surface area contributed by atoms with Crippen LogP contribution in [0, 0.1) is 17.0 Å². The van der Waals surface area contributed by atoms with Crippen molar-refractivity contribution in [2.75, 3.05) is 33.2 Å². The summed E-state index contributed by atoms with van der Waals surface area (Å²) < 4.78 is 67.8. The molecule has 3 aliphatic rings. The maximum atomic E-state index is 14.5. The van der Waals surface area contributed by atoms with Gasteiger partial charge in [-0.25, -0.2) is 8.78 Å². The number of likely N-dealkylation sites (tertiary alicyclic amines) is 2. The summed E-state index contributed by atoms with van der Waals surface area (Å²) in [5.41, 5.74) is -2.13. The van der Waals surface area contributed by atoms with E-state index in [0.29, 0.717) is 57.0 Å². The molecule has 3 fully saturated rings. The first-order valence-corrected chi connectivity index (χ1v) is 13.9. The summed E-state index contributed by atoms with van der Waals surface area (Å²) >= 11 is 0. The second-order valence-corrected chi connectivity index (χ2v) is 11.7. The molecule has 1 unspecified atom stereocenters. The number of alkyl halides is 3. The van der Waals surface area contributed by atoms with E-state index in [4.69, 9.17) is 0 Å². The van der Waals surface area contributed by atoms with Gasteiger partial charge in [0, 0.05) is 32.1 Å². The molecule has 2 aliphatic heterocycles. The molecule has 0 radical (unpaired) electrons. The Morgan fingerprint density at radius 2 is 1.57 bits per heavy atom. The van der Waals surface area contributed by atoms with Crippen molar-refractivity contribution in [3.8, 4) is 0 Å². The summed E-state index contributed by atoms with van der Waals surface area (Å²) in [7, 11) is 2.06. The van der Waals surface area contributed by atoms with Gasteiger partial charge in [-0.1, -0.05) is 31.4 Å². The summed E-state index contributed by atoms with van der Waals surface area (Å²) in [6.07, 6.45) is -0.350. The van der Waals surface area contributed by atoms with E-state index >= 15 is 0 Å². The zero-order valence-electron chi connectivity index (χ0n) is 22.5. The lowest BCUT2D eigenvalue weighted by Gasteiger charge is -2.46. The highest BCUT2D eigenvalue weighted by Gasteiger charge is 2.50. The quantitative estimate of drug-likeness (QED) is 0.482. The Kier molecular flexibility index (Phi) is 7.67. The molecule has 2 aromatic rings. The van der Waals surface area contributed by atoms with Crippen molar-refractivity contribution in [1.29, 1.82) is 0 Å². The van der Waals surface area contributed by atoms with Crippen LogP contribution in [0.1, 0.15) is 72.3 Å². The van der Waals surface area contributed by atoms with Gasteiger partial charge in [0.25, 0.3) is 5.91 Å². The van der Waals surface area contributed by atoms with Crippen LogP contribution in [0.3, 0.4) is 0 Å². The fraction of sp³-hybridized carbons (Fsp3) is 0.533. The molecule has 216 valence electrons. The third-order valence-corrected chi connectivity index (χ3v) is 9.14. The van der Waals surface area contributed by atoms with E-state index in [-0.39, 0.29) is 23.1 Å². The number of amides is 2. The summed E-state index contributed by atoms with van der Waals surface area (Å²) in [6, 6.07) is 8.34. The minimum atomic E-state index is -4.73. The molecule has 2 aromatic carbocycles. The van der Waals surface area contributed by atoms with Crippen molar-refractivity contribution < 1.29 is 31.5 Å². The van der Waals surface area contributed by atoms with Gasteiger partial charge in [0.2, 0.25) is 5.91 Å². The van der Waals surface area contributed by atoms with Crippen molar-refractivity contribution in [1.82, 2.24) is 15.1 Å². The number of carbonyl (C=O) groups is 2. The standard InChI is InChI=1S/C30H34F5N3O2/c1-37-18-24(20-5-8-22(31)9-6-20)28(19-37)13-15-38(16-14-28)27(40)29(11-3-2-4-12-29)36-26(39)23-17-21(30(33,34)35)7-10-25(23)32/h5-10,17,24H,2-4,11-16,18-19H2,1H3,(H,36,39). The first kappa shape index (κ1) is 28.5. The highest BCUT2D eigenvalue weighted by molar-refractivity contribution is 5.99. The van der Waals surface area contributed by atoms with Gasteiger partial charge in [-0.3, -0.25) is 9.59 Å². The third kappa shape index (κ3) is 5.47. The van der Waals surface area contributed by atoms with E-state index < -0.39 is 34.6 Å². The minimum Gasteiger partial charge on any atom is -0.341 e. The summed E-state index contributed by atoms with van der Waals surface area (Å²) in [5, 5.41) is 2.69. The molecule has 1 saturated carbocycles. The molecule has 0 bridgehead atoms. The Morgan fingerprint density at radius 3 is 2.20 bits per heavy atom. The highest BCUT2D eigenvalue weighted by atomic mass is 19.4. The summed E-state index contributed by atoms with van der Waals surface area (Å²) in [6.45, 7) is 2.63. The van der Waals surface area contributed by atoms with Crippen molar-refractivity contribution >= 4 is 11.8 Å². The number of piperidine rings is 1. The Balaban J connectivity index is 1.34. The largest absolute Gasteiger partial charge is 0.416 e. The fourth-order valence-electron chi connectivity index (χ4n) is 7.04. The smallest absolute Gasteiger partial charge is 0.341 e. The Hall–Kier alpha value is -3.01. The lowest BCUT2D eigenvalue weighted by atomic mass is 9.68. The van der Waals surface area contributed by atoms with Crippen LogP contribution in [0.2, 0.25) is 0 Å². The van der Waals surface area contributed by atoms with Gasteiger partial charge < -0.3 is 15.1 Å². The first-order valence-electron chi connectivity index (χ1n) is 13.9. The van der Waals surface area contributed by atoms with E-state index in [9.17, 15) is 31.5 Å². The van der Waals surface area contributed by atoms with Crippen LogP contribution in [0.4, 0.5) is 22.0 Å². The van der Waals surface area contributed by atoms with Gasteiger partial charge in [0.05, 0.1) is 11.1 Å². The van der Waals surface area contributed by atoms with Gasteiger partial charge in [-0.2, -0.15) is 13.2 Å². The number of hydrogen-bond donors (Lipinski definition) is 1. The topological polar surface area (TPSA) is 52.6 Å². The lowest BCUT2D eigenvalue weighted by Crippen LogP contribution is -2.62. The number of nitrogens with zero attached hydrogens (tertiary/aromatic N) is 2. The molecular formula is C30H34F5N3O2. The predicted octanol–water partition coefficient (Wildman–Crippen LogP) is 5.75. The maximum Gasteiger partial charge on any atom is 0.416 e. The SMILES string of the molecule is CN1CC(c2ccc(F)cc2)C2(CCN(C(=O)C3(NC(=O)c4cc(C(F)(F)F)ccc4F)CCCCC3)CC2)C1. The Labute approximate surface area is 230 Å². The number of rotatable bonds is 4. The number of nitrogens with one attached hydrogen (secondary N) is 1. The minimum absolute atomic E-state index is 0.0759. The highest BCUT2D eigenvalue weighted by Crippen LogP contribution is 2.50. The van der Waals surface area contributed by atoms with Gasteiger partial charge in [0.1, 0.15) is 17.2 Å². The first-order chi connectivity index (χ1) is 18.9. The molecular weight excluding hydrogens is 529 g/mol. The van der Waals surface area contributed by atoms with Crippen LogP contribution in [-0.4, -0.2) is 60.4 Å². The number of halogens is 5. The van der Waals surface area contributed by atoms with Crippen molar-refractivity contribution in [2.45, 2.75) is 62.6 Å². The van der Waals surface area contributed by atoms with Crippen LogP contribution in [-0.2, 0) is 11.0 Å². The molecule has 5 rings (SSSR count). The Morgan fingerprint density at radius 1 is 0.925 bits per heavy atom. The van der Waals surface area contributed by atoms with Gasteiger partial charge >= 0.3 is 6.18 Å². The van der Waals surface area contributed by atoms with Crippen molar-refractivity contribution in [2.24, 2.45) is 5.41 Å². The average molecular weight is 564 g/mol. The van der Waals surface area contributed by atoms with Crippen LogP contribution in [0.15, 0.2) is 42.5 Å². The lowest BCUT2D eigenvalue weighted by molar-refractivity contribution is -0.142. The van der Waals surface area contributed by atoms with Crippen LogP contribution in [0.25, 0.3) is 0 Å². The van der Waals surface area contributed by atoms with Crippen LogP contribution in [0.5, 0.6) is 0 Å². The monoisotopic (exact) mass is 563 g/mol. The number of carbonyl (C=O) groups excluding carboxylic acids is 2. The molecule has 2 heterocycles. The molecule has 1 spiro atoms. The van der Waals surface area contributed by atoms with Crippen molar-refractivity contribution in [3.05, 3.63) is 70.8 Å². The predicted molar refractivity (Wildman–Crippen MR) is 140 cm³/mol. The maximum absolute atomic E-state index is 14.5. The summed E-state index contributed by atoms with van der Waals surface area (Å²) in [5.74, 6) is -2.42. The summed E-state index contributed by atoms with van der Waals surface area (Å²) in [4.78, 5) is 31.2. The van der Waals surface area contributed by atoms with Gasteiger partial charge in [-0.05, 0) is 74.0 Å². The molecule has 2 amide bonds. The zero-order valence-corrected chi connectivity index (χ0v) is 22.5. The second kappa shape index (κ2) is 10.8. The zero-order chi connectivity index (χ0) is 28.7. The fourth-order valence-corrected chi connectivity index (χ4v) is 7.04. The normalized spacial score (nSPS) is 22.9. The molecule has 1 atom stereocenters. The second-order valence-electron chi connectivity index (χ2n) is 11.7. The molecule has 0 aromatic heterocycles. The number of likely N-dealkylation sites (N-methyl/N-ethyl adjacent to an activating group) is 1. The molecule has 10 heteroatoms. The van der Waals surface area contributed by atoms with E-state index in [1.807, 2.05) is 12.1 Å². The van der Waals surface area contributed by atoms with E-state index in [1.54, 1.807) is 4.90 Å². The van der Waals surface area contributed by atoms with Crippen molar-refractivity contribution in [3.63, 3.8) is 0 Å². The Bertz CT molecular complexity index is 1250. The van der Waals surface area contributed by atoms with Crippen LogP contribution < -0.4 is 5.32 Å². The van der Waals surface area contributed by atoms with E-state index in [1.165, 1.54) is 12.1 Å². The van der Waals surface area contributed by atoms with Gasteiger partial charge in [0.15, 0.2) is 0 Å². The number of benzene rings is 2. The molecule has 2 saturated heterocycles. The molecule has 1 N–H and O–H groups in total. The molecule has 40 heavy (non-hydrogen) atoms. The van der Waals surface area contributed by atoms with E-state index in [2.05, 4.69) is 17.3 Å². The number of hydrogen-bond acceptors (Lipinski definition) is 3. The average Bonchev–Trinajstić information content (AvgIpc) is 3.24. The third-order valence-electron chi connectivity index (χ3n) is 9.14. The van der Waals surface area contributed by atoms with E-state index in [0.717, 1.165) is 37.9 Å². The molecule has 5 nitrogen and oxygen atoms in total. The van der Waals surface area contributed by atoms with Crippen LogP contribution >= 0.6 is 0 Å². The van der Waals surface area contributed by atoms with Gasteiger partial charge in [-0.15, -0.1) is 0 Å².